The Hall–Kier alpha value is -3.39. The topological polar surface area (TPSA) is 103 Å². The third-order valence-corrected chi connectivity index (χ3v) is 7.17. The molecule has 34 heavy (non-hydrogen) atoms. The first-order valence-electron chi connectivity index (χ1n) is 11.6. The molecule has 0 spiro atoms. The van der Waals surface area contributed by atoms with E-state index in [-0.39, 0.29) is 5.60 Å². The zero-order valence-electron chi connectivity index (χ0n) is 19.3. The van der Waals surface area contributed by atoms with Crippen molar-refractivity contribution < 1.29 is 24.1 Å². The molecule has 0 atom stereocenters. The first-order chi connectivity index (χ1) is 16.5. The summed E-state index contributed by atoms with van der Waals surface area (Å²) in [7, 11) is 1.60. The number of amides is 1. The van der Waals surface area contributed by atoms with Crippen LogP contribution in [0.2, 0.25) is 0 Å². The highest BCUT2D eigenvalue weighted by molar-refractivity contribution is 5.80. The van der Waals surface area contributed by atoms with E-state index in [1.165, 1.54) is 0 Å². The first-order valence-corrected chi connectivity index (χ1v) is 11.6. The van der Waals surface area contributed by atoms with Crippen molar-refractivity contribution in [3.8, 4) is 11.6 Å². The number of aryl methyl sites for hydroxylation is 1. The van der Waals surface area contributed by atoms with E-state index in [0.29, 0.717) is 31.3 Å². The lowest BCUT2D eigenvalue weighted by molar-refractivity contribution is -0.162. The molecule has 3 fully saturated rings. The number of nitrogens with one attached hydrogen (secondary N) is 1. The number of methoxy groups -OCH3 is 1. The molecule has 2 bridgehead atoms. The standard InChI is InChI=1S/C26H29N3O5/c1-32-22-8-7-20-23(28-22)19(21(15-27-20)33-16-18-5-3-2-4-6-18)9-10-26-13-11-25(12-14-26,17-34-26)29-24(30)31/h2-8,15,29H,9-14,16-17H2,1H3,(H,30,31). The quantitative estimate of drug-likeness (QED) is 0.507. The van der Waals surface area contributed by atoms with E-state index < -0.39 is 11.6 Å². The van der Waals surface area contributed by atoms with Crippen LogP contribution in [0.25, 0.3) is 11.0 Å². The Kier molecular flexibility index (Phi) is 6.00. The molecule has 3 aromatic rings. The summed E-state index contributed by atoms with van der Waals surface area (Å²) in [6.07, 6.45) is 5.54. The molecule has 2 aliphatic heterocycles. The molecular formula is C26H29N3O5. The Labute approximate surface area is 198 Å². The van der Waals surface area contributed by atoms with Gasteiger partial charge in [0.05, 0.1) is 42.1 Å². The highest BCUT2D eigenvalue weighted by Crippen LogP contribution is 2.46. The van der Waals surface area contributed by atoms with Gasteiger partial charge in [-0.1, -0.05) is 30.3 Å². The molecule has 4 heterocycles. The minimum Gasteiger partial charge on any atom is -0.487 e. The molecule has 8 nitrogen and oxygen atoms in total. The highest BCUT2D eigenvalue weighted by atomic mass is 16.5. The zero-order chi connectivity index (χ0) is 23.6. The lowest BCUT2D eigenvalue weighted by Crippen LogP contribution is -2.62. The summed E-state index contributed by atoms with van der Waals surface area (Å²) in [5, 5.41) is 11.9. The molecular weight excluding hydrogens is 434 g/mol. The van der Waals surface area contributed by atoms with Gasteiger partial charge >= 0.3 is 6.09 Å². The van der Waals surface area contributed by atoms with E-state index in [9.17, 15) is 9.90 Å². The predicted octanol–water partition coefficient (Wildman–Crippen LogP) is 4.50. The third-order valence-electron chi connectivity index (χ3n) is 7.17. The van der Waals surface area contributed by atoms with E-state index >= 15 is 0 Å². The summed E-state index contributed by atoms with van der Waals surface area (Å²) in [5.41, 5.74) is 2.93. The van der Waals surface area contributed by atoms with Gasteiger partial charge in [-0.25, -0.2) is 9.78 Å². The van der Waals surface area contributed by atoms with Crippen molar-refractivity contribution in [1.29, 1.82) is 0 Å². The van der Waals surface area contributed by atoms with Crippen LogP contribution in [-0.2, 0) is 17.8 Å². The van der Waals surface area contributed by atoms with Gasteiger partial charge in [-0.3, -0.25) is 4.98 Å². The van der Waals surface area contributed by atoms with Crippen molar-refractivity contribution in [1.82, 2.24) is 15.3 Å². The molecule has 2 aromatic heterocycles. The minimum absolute atomic E-state index is 0.257. The molecule has 0 radical (unpaired) electrons. The molecule has 1 aromatic carbocycles. The molecule has 8 heteroatoms. The largest absolute Gasteiger partial charge is 0.487 e. The van der Waals surface area contributed by atoms with Gasteiger partial charge < -0.3 is 24.6 Å². The molecule has 178 valence electrons. The van der Waals surface area contributed by atoms with E-state index in [2.05, 4.69) is 10.3 Å². The van der Waals surface area contributed by atoms with Gasteiger partial charge in [0.25, 0.3) is 0 Å². The third kappa shape index (κ3) is 4.50. The number of benzene rings is 1. The van der Waals surface area contributed by atoms with Crippen molar-refractivity contribution in [3.63, 3.8) is 0 Å². The highest BCUT2D eigenvalue weighted by Gasteiger charge is 2.50. The Morgan fingerprint density at radius 1 is 1.15 bits per heavy atom. The van der Waals surface area contributed by atoms with E-state index in [0.717, 1.165) is 54.3 Å². The molecule has 1 aliphatic carbocycles. The number of carboxylic acid groups (broad SMARTS) is 1. The maximum absolute atomic E-state index is 11.2. The van der Waals surface area contributed by atoms with Gasteiger partial charge in [-0.15, -0.1) is 0 Å². The van der Waals surface area contributed by atoms with Crippen LogP contribution < -0.4 is 14.8 Å². The predicted molar refractivity (Wildman–Crippen MR) is 126 cm³/mol. The number of hydrogen-bond donors (Lipinski definition) is 2. The second kappa shape index (κ2) is 9.10. The second-order valence-electron chi connectivity index (χ2n) is 9.28. The SMILES string of the molecule is COc1ccc2ncc(OCc3ccccc3)c(CCC34CCC(NC(=O)O)(CC3)CO4)c2n1. The number of hydrogen-bond acceptors (Lipinski definition) is 6. The van der Waals surface area contributed by atoms with Crippen molar-refractivity contribution >= 4 is 17.1 Å². The Morgan fingerprint density at radius 2 is 1.94 bits per heavy atom. The van der Waals surface area contributed by atoms with Crippen LogP contribution in [0.4, 0.5) is 4.79 Å². The molecule has 2 saturated heterocycles. The van der Waals surface area contributed by atoms with E-state index in [4.69, 9.17) is 19.2 Å². The van der Waals surface area contributed by atoms with Crippen molar-refractivity contribution in [2.45, 2.75) is 56.3 Å². The Balaban J connectivity index is 1.39. The van der Waals surface area contributed by atoms with Crippen molar-refractivity contribution in [3.05, 3.63) is 59.8 Å². The summed E-state index contributed by atoms with van der Waals surface area (Å²) in [5.74, 6) is 1.24. The summed E-state index contributed by atoms with van der Waals surface area (Å²) in [6.45, 7) is 0.857. The van der Waals surface area contributed by atoms with Crippen LogP contribution >= 0.6 is 0 Å². The molecule has 0 unspecified atom stereocenters. The number of ether oxygens (including phenoxy) is 3. The Morgan fingerprint density at radius 3 is 2.62 bits per heavy atom. The smallest absolute Gasteiger partial charge is 0.405 e. The maximum atomic E-state index is 11.2. The van der Waals surface area contributed by atoms with Crippen LogP contribution in [0.3, 0.4) is 0 Å². The van der Waals surface area contributed by atoms with E-state index in [1.54, 1.807) is 13.3 Å². The van der Waals surface area contributed by atoms with Gasteiger partial charge in [0.15, 0.2) is 0 Å². The summed E-state index contributed by atoms with van der Waals surface area (Å²) in [6, 6.07) is 13.7. The van der Waals surface area contributed by atoms with Crippen LogP contribution in [0, 0.1) is 0 Å². The molecule has 3 aliphatic rings. The lowest BCUT2D eigenvalue weighted by Gasteiger charge is -2.53. The van der Waals surface area contributed by atoms with Gasteiger partial charge in [-0.2, -0.15) is 0 Å². The number of fused-ring (bicyclic) bond motifs is 4. The van der Waals surface area contributed by atoms with Crippen molar-refractivity contribution in [2.24, 2.45) is 0 Å². The Bertz CT molecular complexity index is 1160. The fourth-order valence-electron chi connectivity index (χ4n) is 5.12. The summed E-state index contributed by atoms with van der Waals surface area (Å²) in [4.78, 5) is 20.5. The van der Waals surface area contributed by atoms with Crippen LogP contribution in [0.5, 0.6) is 11.6 Å². The lowest BCUT2D eigenvalue weighted by atomic mass is 9.69. The summed E-state index contributed by atoms with van der Waals surface area (Å²) >= 11 is 0. The molecule has 1 saturated carbocycles. The van der Waals surface area contributed by atoms with Crippen LogP contribution in [-0.4, -0.2) is 46.0 Å². The molecule has 2 N–H and O–H groups in total. The average molecular weight is 464 g/mol. The fourth-order valence-corrected chi connectivity index (χ4v) is 5.12. The van der Waals surface area contributed by atoms with Crippen LogP contribution in [0.1, 0.15) is 43.2 Å². The minimum atomic E-state index is -0.985. The number of aromatic nitrogens is 2. The number of rotatable bonds is 8. The molecule has 6 rings (SSSR count). The first kappa shape index (κ1) is 22.4. The van der Waals surface area contributed by atoms with Gasteiger partial charge in [-0.05, 0) is 50.2 Å². The van der Waals surface area contributed by atoms with E-state index in [1.807, 2.05) is 42.5 Å². The normalized spacial score (nSPS) is 23.6. The zero-order valence-corrected chi connectivity index (χ0v) is 19.3. The number of pyridine rings is 2. The number of carbonyl (C=O) groups is 1. The monoisotopic (exact) mass is 463 g/mol. The second-order valence-corrected chi connectivity index (χ2v) is 9.28. The van der Waals surface area contributed by atoms with Crippen molar-refractivity contribution in [2.75, 3.05) is 13.7 Å². The van der Waals surface area contributed by atoms with Gasteiger partial charge in [0, 0.05) is 11.6 Å². The van der Waals surface area contributed by atoms with Crippen LogP contribution in [0.15, 0.2) is 48.7 Å². The fraction of sp³-hybridized carbons (Fsp3) is 0.423. The maximum Gasteiger partial charge on any atom is 0.405 e. The van der Waals surface area contributed by atoms with Gasteiger partial charge in [0.1, 0.15) is 12.4 Å². The number of nitrogens with zero attached hydrogens (tertiary/aromatic N) is 2. The van der Waals surface area contributed by atoms with Gasteiger partial charge in [0.2, 0.25) is 5.88 Å². The average Bonchev–Trinajstić information content (AvgIpc) is 2.87. The summed E-state index contributed by atoms with van der Waals surface area (Å²) < 4.78 is 17.9. The molecule has 1 amide bonds.